The lowest BCUT2D eigenvalue weighted by Crippen LogP contribution is -2.59. The summed E-state index contributed by atoms with van der Waals surface area (Å²) in [4.78, 5) is 60.7. The minimum atomic E-state index is -1.51. The van der Waals surface area contributed by atoms with Crippen LogP contribution in [0.2, 0.25) is 0 Å². The Bertz CT molecular complexity index is 681. The monoisotopic (exact) mass is 508 g/mol. The maximum Gasteiger partial charge on any atom is 0.326 e. The predicted octanol–water partition coefficient (Wildman–Crippen LogP) is -0.120. The molecule has 13 heteroatoms. The molecule has 0 saturated carbocycles. The topological polar surface area (TPSA) is 188 Å². The molecule has 0 bridgehead atoms. The maximum absolute atomic E-state index is 12.9. The number of hydrogen-bond donors (Lipinski definition) is 6. The van der Waals surface area contributed by atoms with Crippen LogP contribution in [0.1, 0.15) is 39.5 Å². The molecule has 0 aromatic rings. The molecule has 0 aliphatic heterocycles. The second-order valence-electron chi connectivity index (χ2n) is 7.60. The number of carboxylic acids is 2. The second kappa shape index (κ2) is 16.6. The van der Waals surface area contributed by atoms with Crippen molar-refractivity contribution < 1.29 is 34.2 Å². The van der Waals surface area contributed by atoms with Crippen molar-refractivity contribution in [3.05, 3.63) is 0 Å². The number of carbonyl (C=O) groups excluding carboxylic acids is 3. The van der Waals surface area contributed by atoms with Crippen LogP contribution < -0.4 is 21.7 Å². The van der Waals surface area contributed by atoms with Crippen LogP contribution in [0.5, 0.6) is 0 Å². The van der Waals surface area contributed by atoms with Crippen LogP contribution in [0.25, 0.3) is 0 Å². The first-order valence-electron chi connectivity index (χ1n) is 10.6. The van der Waals surface area contributed by atoms with Gasteiger partial charge in [0, 0.05) is 0 Å². The van der Waals surface area contributed by atoms with E-state index in [0.29, 0.717) is 24.3 Å². The van der Waals surface area contributed by atoms with Gasteiger partial charge in [0.2, 0.25) is 17.7 Å². The summed E-state index contributed by atoms with van der Waals surface area (Å²) in [5.41, 5.74) is 5.88. The molecule has 0 fully saturated rings. The first kappa shape index (κ1) is 31.0. The molecule has 0 aliphatic carbocycles. The highest BCUT2D eigenvalue weighted by Crippen LogP contribution is 2.10. The van der Waals surface area contributed by atoms with Gasteiger partial charge in [-0.15, -0.1) is 0 Å². The zero-order valence-electron chi connectivity index (χ0n) is 19.5. The largest absolute Gasteiger partial charge is 0.481 e. The smallest absolute Gasteiger partial charge is 0.326 e. The van der Waals surface area contributed by atoms with Crippen molar-refractivity contribution in [2.45, 2.75) is 63.7 Å². The number of carbonyl (C=O) groups is 5. The Morgan fingerprint density at radius 1 is 0.848 bits per heavy atom. The summed E-state index contributed by atoms with van der Waals surface area (Å²) in [5, 5.41) is 25.7. The van der Waals surface area contributed by atoms with Gasteiger partial charge in [0.1, 0.15) is 18.1 Å². The lowest BCUT2D eigenvalue weighted by atomic mass is 9.97. The minimum Gasteiger partial charge on any atom is -0.481 e. The van der Waals surface area contributed by atoms with E-state index in [1.165, 1.54) is 23.5 Å². The molecule has 11 nitrogen and oxygen atoms in total. The normalized spacial score (nSPS) is 15.4. The van der Waals surface area contributed by atoms with Crippen LogP contribution in [0.3, 0.4) is 0 Å². The zero-order valence-corrected chi connectivity index (χ0v) is 21.1. The summed E-state index contributed by atoms with van der Waals surface area (Å²) in [7, 11) is 0. The highest BCUT2D eigenvalue weighted by Gasteiger charge is 2.33. The molecule has 0 aliphatic rings. The predicted molar refractivity (Wildman–Crippen MR) is 129 cm³/mol. The Balaban J connectivity index is 5.48. The van der Waals surface area contributed by atoms with E-state index in [1.54, 1.807) is 13.2 Å². The molecule has 5 atom stereocenters. The number of nitrogens with two attached hydrogens (primary N) is 1. The average molecular weight is 509 g/mol. The number of nitrogens with one attached hydrogen (secondary N) is 3. The first-order valence-corrected chi connectivity index (χ1v) is 13.4. The molecule has 0 aromatic carbocycles. The number of rotatable bonds is 17. The van der Waals surface area contributed by atoms with E-state index < -0.39 is 60.2 Å². The number of thioether (sulfide) groups is 2. The Labute approximate surface area is 202 Å². The van der Waals surface area contributed by atoms with E-state index in [-0.39, 0.29) is 12.3 Å². The van der Waals surface area contributed by atoms with Crippen LogP contribution in [0, 0.1) is 5.92 Å². The van der Waals surface area contributed by atoms with Gasteiger partial charge >= 0.3 is 11.9 Å². The fraction of sp³-hybridized carbons (Fsp3) is 0.750. The van der Waals surface area contributed by atoms with Gasteiger partial charge in [-0.05, 0) is 42.8 Å². The van der Waals surface area contributed by atoms with Crippen LogP contribution >= 0.6 is 23.5 Å². The number of carboxylic acid groups (broad SMARTS) is 2. The molecule has 5 unspecified atom stereocenters. The maximum atomic E-state index is 12.9. The van der Waals surface area contributed by atoms with E-state index in [0.717, 1.165) is 0 Å². The highest BCUT2D eigenvalue weighted by atomic mass is 32.2. The summed E-state index contributed by atoms with van der Waals surface area (Å²) in [5.74, 6) is -4.01. The Morgan fingerprint density at radius 3 is 1.88 bits per heavy atom. The fourth-order valence-electron chi connectivity index (χ4n) is 2.75. The van der Waals surface area contributed by atoms with Gasteiger partial charge in [-0.1, -0.05) is 20.3 Å². The van der Waals surface area contributed by atoms with Crippen LogP contribution in [0.15, 0.2) is 0 Å². The summed E-state index contributed by atoms with van der Waals surface area (Å²) in [6.07, 6.45) is 3.98. The summed E-state index contributed by atoms with van der Waals surface area (Å²) >= 11 is 2.93. The van der Waals surface area contributed by atoms with E-state index >= 15 is 0 Å². The molecule has 190 valence electrons. The van der Waals surface area contributed by atoms with Crippen molar-refractivity contribution in [2.24, 2.45) is 11.7 Å². The lowest BCUT2D eigenvalue weighted by molar-refractivity contribution is -0.143. The van der Waals surface area contributed by atoms with Crippen LogP contribution in [0.4, 0.5) is 0 Å². The molecule has 0 rings (SSSR count). The van der Waals surface area contributed by atoms with Crippen molar-refractivity contribution in [1.29, 1.82) is 0 Å². The number of aliphatic carboxylic acids is 2. The van der Waals surface area contributed by atoms with Gasteiger partial charge in [-0.3, -0.25) is 19.2 Å². The van der Waals surface area contributed by atoms with Gasteiger partial charge in [0.25, 0.3) is 0 Å². The van der Waals surface area contributed by atoms with E-state index in [9.17, 15) is 34.2 Å². The van der Waals surface area contributed by atoms with Gasteiger partial charge in [0.05, 0.1) is 12.5 Å². The molecule has 3 amide bonds. The van der Waals surface area contributed by atoms with Gasteiger partial charge in [-0.25, -0.2) is 4.79 Å². The summed E-state index contributed by atoms with van der Waals surface area (Å²) in [6.45, 7) is 3.54. The molecule has 0 saturated heterocycles. The highest BCUT2D eigenvalue weighted by molar-refractivity contribution is 7.98. The van der Waals surface area contributed by atoms with Gasteiger partial charge in [0.15, 0.2) is 0 Å². The quantitative estimate of drug-likeness (QED) is 0.154. The Kier molecular flexibility index (Phi) is 15.6. The zero-order chi connectivity index (χ0) is 25.6. The molecule has 0 aromatic heterocycles. The summed E-state index contributed by atoms with van der Waals surface area (Å²) < 4.78 is 0. The first-order chi connectivity index (χ1) is 15.5. The Morgan fingerprint density at radius 2 is 1.39 bits per heavy atom. The van der Waals surface area contributed by atoms with Crippen molar-refractivity contribution in [3.8, 4) is 0 Å². The fourth-order valence-corrected chi connectivity index (χ4v) is 3.71. The van der Waals surface area contributed by atoms with Crippen molar-refractivity contribution >= 4 is 53.2 Å². The molecule has 0 spiro atoms. The van der Waals surface area contributed by atoms with E-state index in [1.807, 2.05) is 13.2 Å². The second-order valence-corrected chi connectivity index (χ2v) is 9.57. The van der Waals surface area contributed by atoms with Gasteiger partial charge in [-0.2, -0.15) is 23.5 Å². The van der Waals surface area contributed by atoms with Crippen LogP contribution in [-0.2, 0) is 24.0 Å². The molecule has 0 radical (unpaired) electrons. The van der Waals surface area contributed by atoms with Crippen molar-refractivity contribution in [3.63, 3.8) is 0 Å². The summed E-state index contributed by atoms with van der Waals surface area (Å²) in [6, 6.07) is -4.60. The third-order valence-corrected chi connectivity index (χ3v) is 6.29. The van der Waals surface area contributed by atoms with E-state index in [4.69, 9.17) is 5.73 Å². The third-order valence-electron chi connectivity index (χ3n) is 5.00. The molecular weight excluding hydrogens is 472 g/mol. The van der Waals surface area contributed by atoms with Crippen LogP contribution in [-0.4, -0.2) is 88.1 Å². The molecule has 7 N–H and O–H groups in total. The van der Waals surface area contributed by atoms with Gasteiger partial charge < -0.3 is 31.9 Å². The SMILES string of the molecule is CCC(C)C(NC(=O)C(N)CCSC)C(=O)NC(CC(=O)O)C(=O)NC(CCSC)C(=O)O. The van der Waals surface area contributed by atoms with Crippen molar-refractivity contribution in [1.82, 2.24) is 16.0 Å². The third kappa shape index (κ3) is 12.2. The average Bonchev–Trinajstić information content (AvgIpc) is 2.76. The minimum absolute atomic E-state index is 0.134. The standard InChI is InChI=1S/C20H36N4O7S2/c1-5-11(2)16(24-17(27)12(21)6-8-32-3)19(29)23-14(10-15(25)26)18(28)22-13(20(30)31)7-9-33-4/h11-14,16H,5-10,21H2,1-4H3,(H,22,28)(H,23,29)(H,24,27)(H,25,26)(H,30,31). The number of amides is 3. The van der Waals surface area contributed by atoms with Crippen molar-refractivity contribution in [2.75, 3.05) is 24.0 Å². The lowest BCUT2D eigenvalue weighted by Gasteiger charge is -2.27. The molecule has 33 heavy (non-hydrogen) atoms. The molecular formula is C20H36N4O7S2. The van der Waals surface area contributed by atoms with E-state index in [2.05, 4.69) is 16.0 Å². The number of hydrogen-bond acceptors (Lipinski definition) is 8. The molecule has 0 heterocycles. The Hall–Kier alpha value is -1.99.